The predicted molar refractivity (Wildman–Crippen MR) is 77.5 cm³/mol. The highest BCUT2D eigenvalue weighted by Gasteiger charge is 2.09. The van der Waals surface area contributed by atoms with Crippen molar-refractivity contribution in [2.45, 2.75) is 13.8 Å². The molecular formula is C15H16FN3O. The molecule has 0 spiro atoms. The van der Waals surface area contributed by atoms with Crippen LogP contribution in [0.25, 0.3) is 0 Å². The molecular weight excluding hydrogens is 257 g/mol. The minimum absolute atomic E-state index is 0.249. The van der Waals surface area contributed by atoms with Crippen LogP contribution in [0.4, 0.5) is 15.9 Å². The number of carbonyl (C=O) groups excluding carboxylic acids is 1. The summed E-state index contributed by atoms with van der Waals surface area (Å²) in [5.74, 6) is 0.0797. The summed E-state index contributed by atoms with van der Waals surface area (Å²) in [6.07, 6.45) is 1.57. The zero-order valence-electron chi connectivity index (χ0n) is 11.4. The molecule has 0 bridgehead atoms. The predicted octanol–water partition coefficient (Wildman–Crippen LogP) is 3.21. The minimum atomic E-state index is -0.321. The lowest BCUT2D eigenvalue weighted by Gasteiger charge is -2.09. The molecule has 2 aromatic rings. The molecule has 0 fully saturated rings. The van der Waals surface area contributed by atoms with Crippen molar-refractivity contribution in [1.29, 1.82) is 0 Å². The first-order valence-corrected chi connectivity index (χ1v) is 6.37. The van der Waals surface area contributed by atoms with Crippen LogP contribution in [0.5, 0.6) is 0 Å². The number of nitrogens with one attached hydrogen (secondary N) is 2. The first-order valence-electron chi connectivity index (χ1n) is 6.37. The van der Waals surface area contributed by atoms with Crippen LogP contribution >= 0.6 is 0 Å². The van der Waals surface area contributed by atoms with E-state index in [0.717, 1.165) is 6.54 Å². The van der Waals surface area contributed by atoms with Crippen molar-refractivity contribution in [2.75, 3.05) is 17.2 Å². The number of amides is 1. The summed E-state index contributed by atoms with van der Waals surface area (Å²) in [5.41, 5.74) is 1.78. The maximum Gasteiger partial charge on any atom is 0.255 e. The number of hydrogen-bond donors (Lipinski definition) is 2. The topological polar surface area (TPSA) is 54.0 Å². The standard InChI is InChI=1S/C15H16FN3O/c1-3-17-14-9-11(6-7-18-14)15(20)19-13-5-4-12(16)8-10(13)2/h4-9H,3H2,1-2H3,(H,17,18)(H,19,20). The highest BCUT2D eigenvalue weighted by Crippen LogP contribution is 2.17. The number of pyridine rings is 1. The van der Waals surface area contributed by atoms with Gasteiger partial charge in [0.15, 0.2) is 0 Å². The Hall–Kier alpha value is -2.43. The second-order valence-electron chi connectivity index (χ2n) is 4.37. The Kier molecular flexibility index (Phi) is 4.30. The van der Waals surface area contributed by atoms with Gasteiger partial charge in [0, 0.05) is 24.0 Å². The van der Waals surface area contributed by atoms with Gasteiger partial charge in [0.2, 0.25) is 0 Å². The van der Waals surface area contributed by atoms with Gasteiger partial charge in [-0.25, -0.2) is 9.37 Å². The van der Waals surface area contributed by atoms with E-state index in [1.54, 1.807) is 31.3 Å². The Morgan fingerprint density at radius 2 is 2.10 bits per heavy atom. The Bertz CT molecular complexity index is 628. The fourth-order valence-corrected chi connectivity index (χ4v) is 1.81. The summed E-state index contributed by atoms with van der Waals surface area (Å²) in [6, 6.07) is 7.56. The molecule has 104 valence electrons. The molecule has 5 heteroatoms. The molecule has 0 unspecified atom stereocenters. The Balaban J connectivity index is 2.17. The number of hydrogen-bond acceptors (Lipinski definition) is 3. The van der Waals surface area contributed by atoms with E-state index >= 15 is 0 Å². The average Bonchev–Trinajstić information content (AvgIpc) is 2.42. The molecule has 0 aliphatic carbocycles. The summed E-state index contributed by atoms with van der Waals surface area (Å²) < 4.78 is 13.0. The number of halogens is 1. The lowest BCUT2D eigenvalue weighted by molar-refractivity contribution is 0.102. The van der Waals surface area contributed by atoms with E-state index in [-0.39, 0.29) is 11.7 Å². The first kappa shape index (κ1) is 14.0. The number of nitrogens with zero attached hydrogens (tertiary/aromatic N) is 1. The molecule has 4 nitrogen and oxygen atoms in total. The maximum atomic E-state index is 13.0. The van der Waals surface area contributed by atoms with Crippen LogP contribution < -0.4 is 10.6 Å². The third-order valence-electron chi connectivity index (χ3n) is 2.82. The van der Waals surface area contributed by atoms with Crippen LogP contribution in [-0.4, -0.2) is 17.4 Å². The second-order valence-corrected chi connectivity index (χ2v) is 4.37. The molecule has 2 rings (SSSR count). The molecule has 0 aliphatic rings. The molecule has 0 radical (unpaired) electrons. The first-order chi connectivity index (χ1) is 9.60. The van der Waals surface area contributed by atoms with Crippen molar-refractivity contribution in [1.82, 2.24) is 4.98 Å². The van der Waals surface area contributed by atoms with Crippen LogP contribution in [0.15, 0.2) is 36.5 Å². The largest absolute Gasteiger partial charge is 0.370 e. The van der Waals surface area contributed by atoms with E-state index in [0.29, 0.717) is 22.6 Å². The van der Waals surface area contributed by atoms with Gasteiger partial charge in [-0.1, -0.05) is 0 Å². The van der Waals surface area contributed by atoms with Crippen LogP contribution in [0.2, 0.25) is 0 Å². The Labute approximate surface area is 117 Å². The van der Waals surface area contributed by atoms with Gasteiger partial charge in [0.25, 0.3) is 5.91 Å². The van der Waals surface area contributed by atoms with Crippen LogP contribution in [-0.2, 0) is 0 Å². The number of benzene rings is 1. The minimum Gasteiger partial charge on any atom is -0.370 e. The van der Waals surface area contributed by atoms with Gasteiger partial charge < -0.3 is 10.6 Å². The lowest BCUT2D eigenvalue weighted by atomic mass is 10.1. The van der Waals surface area contributed by atoms with Crippen molar-refractivity contribution >= 4 is 17.4 Å². The quantitative estimate of drug-likeness (QED) is 0.899. The molecule has 1 aromatic heterocycles. The molecule has 0 saturated carbocycles. The van der Waals surface area contributed by atoms with Gasteiger partial charge in [0.1, 0.15) is 11.6 Å². The summed E-state index contributed by atoms with van der Waals surface area (Å²) in [6.45, 7) is 4.43. The molecule has 0 saturated heterocycles. The number of aryl methyl sites for hydroxylation is 1. The van der Waals surface area contributed by atoms with Gasteiger partial charge >= 0.3 is 0 Å². The van der Waals surface area contributed by atoms with Crippen LogP contribution in [0, 0.1) is 12.7 Å². The van der Waals surface area contributed by atoms with Gasteiger partial charge in [-0.3, -0.25) is 4.79 Å². The highest BCUT2D eigenvalue weighted by atomic mass is 19.1. The fraction of sp³-hybridized carbons (Fsp3) is 0.200. The van der Waals surface area contributed by atoms with Gasteiger partial charge in [-0.05, 0) is 49.7 Å². The lowest BCUT2D eigenvalue weighted by Crippen LogP contribution is -2.13. The normalized spacial score (nSPS) is 10.2. The molecule has 20 heavy (non-hydrogen) atoms. The molecule has 0 atom stereocenters. The Morgan fingerprint density at radius 3 is 2.80 bits per heavy atom. The Morgan fingerprint density at radius 1 is 1.30 bits per heavy atom. The SMILES string of the molecule is CCNc1cc(C(=O)Nc2ccc(F)cc2C)ccn1. The van der Waals surface area contributed by atoms with Crippen molar-refractivity contribution in [3.63, 3.8) is 0 Å². The molecule has 1 aromatic carbocycles. The van der Waals surface area contributed by atoms with Crippen molar-refractivity contribution in [2.24, 2.45) is 0 Å². The second kappa shape index (κ2) is 6.14. The van der Waals surface area contributed by atoms with Crippen molar-refractivity contribution in [3.8, 4) is 0 Å². The zero-order chi connectivity index (χ0) is 14.5. The smallest absolute Gasteiger partial charge is 0.255 e. The van der Waals surface area contributed by atoms with E-state index in [1.165, 1.54) is 12.1 Å². The maximum absolute atomic E-state index is 13.0. The van der Waals surface area contributed by atoms with Gasteiger partial charge in [-0.15, -0.1) is 0 Å². The van der Waals surface area contributed by atoms with Crippen LogP contribution in [0.1, 0.15) is 22.8 Å². The highest BCUT2D eigenvalue weighted by molar-refractivity contribution is 6.05. The third kappa shape index (κ3) is 3.32. The van der Waals surface area contributed by atoms with E-state index in [9.17, 15) is 9.18 Å². The zero-order valence-corrected chi connectivity index (χ0v) is 11.4. The van der Waals surface area contributed by atoms with Gasteiger partial charge in [-0.2, -0.15) is 0 Å². The van der Waals surface area contributed by atoms with E-state index in [2.05, 4.69) is 15.6 Å². The number of carbonyl (C=O) groups is 1. The molecule has 1 heterocycles. The summed E-state index contributed by atoms with van der Waals surface area (Å²) in [7, 11) is 0. The third-order valence-corrected chi connectivity index (χ3v) is 2.82. The number of aromatic nitrogens is 1. The van der Waals surface area contributed by atoms with Crippen molar-refractivity contribution < 1.29 is 9.18 Å². The van der Waals surface area contributed by atoms with Crippen molar-refractivity contribution in [3.05, 3.63) is 53.5 Å². The van der Waals surface area contributed by atoms with E-state index in [4.69, 9.17) is 0 Å². The number of anilines is 2. The summed E-state index contributed by atoms with van der Waals surface area (Å²) >= 11 is 0. The van der Waals surface area contributed by atoms with E-state index in [1.807, 2.05) is 6.92 Å². The van der Waals surface area contributed by atoms with E-state index < -0.39 is 0 Å². The molecule has 0 aliphatic heterocycles. The molecule has 1 amide bonds. The summed E-state index contributed by atoms with van der Waals surface area (Å²) in [4.78, 5) is 16.3. The number of rotatable bonds is 4. The molecule has 2 N–H and O–H groups in total. The monoisotopic (exact) mass is 273 g/mol. The summed E-state index contributed by atoms with van der Waals surface area (Å²) in [5, 5.41) is 5.81. The fourth-order valence-electron chi connectivity index (χ4n) is 1.81. The van der Waals surface area contributed by atoms with Crippen LogP contribution in [0.3, 0.4) is 0 Å². The average molecular weight is 273 g/mol. The van der Waals surface area contributed by atoms with Gasteiger partial charge in [0.05, 0.1) is 0 Å².